The molecule has 0 fully saturated rings. The Morgan fingerprint density at radius 3 is 1.49 bits per heavy atom. The Labute approximate surface area is 358 Å². The van der Waals surface area contributed by atoms with Crippen LogP contribution in [0.25, 0.3) is 33.0 Å². The minimum Gasteiger partial charge on any atom is -0.311 e. The normalized spacial score (nSPS) is 12.7. The number of nitrogens with zero attached hydrogens (tertiary/aromatic N) is 2. The molecule has 0 radical (unpaired) electrons. The molecule has 1 aliphatic heterocycles. The fraction of sp³-hybridized carbons (Fsp3) is 0. The molecular formula is C58H42N2Si. The molecule has 0 saturated heterocycles. The van der Waals surface area contributed by atoms with Crippen LogP contribution in [0.4, 0.5) is 34.1 Å². The highest BCUT2D eigenvalue weighted by molar-refractivity contribution is 7.21. The molecule has 0 aromatic heterocycles. The van der Waals surface area contributed by atoms with Gasteiger partial charge >= 0.3 is 0 Å². The summed E-state index contributed by atoms with van der Waals surface area (Å²) in [4.78, 5) is 4.91. The fourth-order valence-electron chi connectivity index (χ4n) is 9.59. The maximum absolute atomic E-state index is 2.84. The van der Waals surface area contributed by atoms with Crippen LogP contribution in [0.3, 0.4) is 0 Å². The van der Waals surface area contributed by atoms with E-state index in [0.717, 1.165) is 22.7 Å². The lowest BCUT2D eigenvalue weighted by Gasteiger charge is -2.45. The van der Waals surface area contributed by atoms with Gasteiger partial charge in [-0.3, -0.25) is 0 Å². The Morgan fingerprint density at radius 2 is 0.820 bits per heavy atom. The maximum atomic E-state index is 2.49. The summed E-state index contributed by atoms with van der Waals surface area (Å²) < 4.78 is 0. The molecular weight excluding hydrogens is 753 g/mol. The predicted octanol–water partition coefficient (Wildman–Crippen LogP) is 12.8. The second-order valence-corrected chi connectivity index (χ2v) is 19.4. The van der Waals surface area contributed by atoms with Gasteiger partial charge in [0.15, 0.2) is 8.07 Å². The van der Waals surface area contributed by atoms with Crippen LogP contribution in [0, 0.1) is 0 Å². The van der Waals surface area contributed by atoms with E-state index in [4.69, 9.17) is 0 Å². The topological polar surface area (TPSA) is 6.48 Å². The zero-order chi connectivity index (χ0) is 40.6. The van der Waals surface area contributed by atoms with Crippen molar-refractivity contribution in [2.75, 3.05) is 9.80 Å². The highest BCUT2D eigenvalue weighted by Gasteiger charge is 2.49. The van der Waals surface area contributed by atoms with Gasteiger partial charge in [-0.25, -0.2) is 0 Å². The van der Waals surface area contributed by atoms with Gasteiger partial charge in [0.25, 0.3) is 0 Å². The van der Waals surface area contributed by atoms with Crippen LogP contribution in [0.5, 0.6) is 0 Å². The molecule has 0 spiro atoms. The Balaban J connectivity index is 1.15. The Hall–Kier alpha value is -7.72. The lowest BCUT2D eigenvalue weighted by atomic mass is 9.98. The van der Waals surface area contributed by atoms with Gasteiger partial charge in [-0.1, -0.05) is 200 Å². The van der Waals surface area contributed by atoms with Gasteiger partial charge < -0.3 is 9.80 Å². The minimum atomic E-state index is -2.84. The fourth-order valence-corrected chi connectivity index (χ4v) is 14.7. The van der Waals surface area contributed by atoms with Crippen molar-refractivity contribution in [1.29, 1.82) is 0 Å². The second-order valence-electron chi connectivity index (χ2n) is 15.7. The molecule has 0 aliphatic carbocycles. The summed E-state index contributed by atoms with van der Waals surface area (Å²) >= 11 is 0. The average Bonchev–Trinajstić information content (AvgIpc) is 3.34. The first-order valence-corrected chi connectivity index (χ1v) is 23.0. The van der Waals surface area contributed by atoms with E-state index in [2.05, 4.69) is 265 Å². The molecule has 288 valence electrons. The standard InChI is InChI=1S/C58H42N2Si/c1-5-18-43(19-6-1)44-32-36-48(37-33-44)59(49-38-34-46(35-39-49)54-29-17-21-45-20-13-14-28-53(45)54)50-40-41-58-56(42-50)60(47-22-7-2-8-23-47)55-30-15-16-31-57(55)61(58,51-24-9-3-10-25-51)52-26-11-4-12-27-52/h1-42H. The maximum Gasteiger partial charge on any atom is 0.184 e. The molecule has 0 unspecified atom stereocenters. The van der Waals surface area contributed by atoms with E-state index in [0.29, 0.717) is 0 Å². The predicted molar refractivity (Wildman–Crippen MR) is 261 cm³/mol. The third-order valence-corrected chi connectivity index (χ3v) is 17.2. The molecule has 0 atom stereocenters. The van der Waals surface area contributed by atoms with Gasteiger partial charge in [0.05, 0.1) is 0 Å². The van der Waals surface area contributed by atoms with E-state index in [9.17, 15) is 0 Å². The van der Waals surface area contributed by atoms with Crippen molar-refractivity contribution >= 4 is 73.7 Å². The van der Waals surface area contributed by atoms with Crippen molar-refractivity contribution in [3.63, 3.8) is 0 Å². The number of para-hydroxylation sites is 2. The minimum absolute atomic E-state index is 1.09. The number of hydrogen-bond acceptors (Lipinski definition) is 2. The van der Waals surface area contributed by atoms with E-state index in [1.807, 2.05) is 0 Å². The van der Waals surface area contributed by atoms with E-state index in [1.54, 1.807) is 0 Å². The monoisotopic (exact) mass is 794 g/mol. The number of benzene rings is 10. The molecule has 1 heterocycles. The SMILES string of the molecule is c1ccc(-c2ccc(N(c3ccc(-c4cccc5ccccc45)cc3)c3ccc4c(c3)N(c3ccccc3)c3ccccc3[Si]4(c3ccccc3)c3ccccc3)cc2)cc1. The molecule has 0 N–H and O–H groups in total. The molecule has 3 heteroatoms. The molecule has 0 bridgehead atoms. The highest BCUT2D eigenvalue weighted by Crippen LogP contribution is 2.43. The molecule has 1 aliphatic rings. The van der Waals surface area contributed by atoms with Crippen molar-refractivity contribution in [2.45, 2.75) is 0 Å². The van der Waals surface area contributed by atoms with E-state index < -0.39 is 8.07 Å². The molecule has 11 rings (SSSR count). The first-order valence-electron chi connectivity index (χ1n) is 21.0. The lowest BCUT2D eigenvalue weighted by molar-refractivity contribution is 1.25. The number of anilines is 6. The lowest BCUT2D eigenvalue weighted by Crippen LogP contribution is -2.77. The molecule has 10 aromatic carbocycles. The van der Waals surface area contributed by atoms with Crippen LogP contribution in [-0.4, -0.2) is 8.07 Å². The Morgan fingerprint density at radius 1 is 0.328 bits per heavy atom. The van der Waals surface area contributed by atoms with E-state index >= 15 is 0 Å². The van der Waals surface area contributed by atoms with Crippen LogP contribution >= 0.6 is 0 Å². The van der Waals surface area contributed by atoms with Gasteiger partial charge in [0, 0.05) is 34.1 Å². The summed E-state index contributed by atoms with van der Waals surface area (Å²) in [5, 5.41) is 7.98. The number of fused-ring (bicyclic) bond motifs is 3. The summed E-state index contributed by atoms with van der Waals surface area (Å²) in [7, 11) is -2.84. The van der Waals surface area contributed by atoms with Crippen molar-refractivity contribution < 1.29 is 0 Å². The summed E-state index contributed by atoms with van der Waals surface area (Å²) in [6.45, 7) is 0. The zero-order valence-corrected chi connectivity index (χ0v) is 34.6. The van der Waals surface area contributed by atoms with Gasteiger partial charge in [0.2, 0.25) is 0 Å². The molecule has 0 amide bonds. The van der Waals surface area contributed by atoms with Gasteiger partial charge in [-0.2, -0.15) is 0 Å². The van der Waals surface area contributed by atoms with Crippen LogP contribution in [0.1, 0.15) is 0 Å². The van der Waals surface area contributed by atoms with Gasteiger partial charge in [-0.05, 0) is 108 Å². The number of rotatable bonds is 8. The van der Waals surface area contributed by atoms with Crippen molar-refractivity contribution in [2.24, 2.45) is 0 Å². The zero-order valence-electron chi connectivity index (χ0n) is 33.6. The quantitative estimate of drug-likeness (QED) is 0.141. The van der Waals surface area contributed by atoms with Crippen LogP contribution in [-0.2, 0) is 0 Å². The van der Waals surface area contributed by atoms with Crippen molar-refractivity contribution in [1.82, 2.24) is 0 Å². The third kappa shape index (κ3) is 6.26. The summed E-state index contributed by atoms with van der Waals surface area (Å²) in [5.74, 6) is 0. The summed E-state index contributed by atoms with van der Waals surface area (Å²) in [6.07, 6.45) is 0. The van der Waals surface area contributed by atoms with Gasteiger partial charge in [-0.15, -0.1) is 0 Å². The third-order valence-electron chi connectivity index (χ3n) is 12.3. The summed E-state index contributed by atoms with van der Waals surface area (Å²) in [5.41, 5.74) is 11.6. The van der Waals surface area contributed by atoms with Crippen molar-refractivity contribution in [3.05, 3.63) is 255 Å². The first kappa shape index (κ1) is 36.4. The molecule has 10 aromatic rings. The molecule has 61 heavy (non-hydrogen) atoms. The Bertz CT molecular complexity index is 3070. The molecule has 0 saturated carbocycles. The van der Waals surface area contributed by atoms with E-state index in [-0.39, 0.29) is 0 Å². The molecule has 2 nitrogen and oxygen atoms in total. The van der Waals surface area contributed by atoms with Crippen LogP contribution in [0.2, 0.25) is 0 Å². The van der Waals surface area contributed by atoms with Gasteiger partial charge in [0.1, 0.15) is 0 Å². The first-order chi connectivity index (χ1) is 30.3. The Kier molecular flexibility index (Phi) is 9.22. The van der Waals surface area contributed by atoms with Crippen molar-refractivity contribution in [3.8, 4) is 22.3 Å². The number of hydrogen-bond donors (Lipinski definition) is 0. The van der Waals surface area contributed by atoms with Crippen LogP contribution < -0.4 is 30.5 Å². The van der Waals surface area contributed by atoms with E-state index in [1.165, 1.54) is 65.1 Å². The smallest absolute Gasteiger partial charge is 0.184 e. The summed E-state index contributed by atoms with van der Waals surface area (Å²) in [6, 6.07) is 93.7. The second kappa shape index (κ2) is 15.5. The van der Waals surface area contributed by atoms with Crippen LogP contribution in [0.15, 0.2) is 255 Å². The largest absolute Gasteiger partial charge is 0.311 e. The average molecular weight is 795 g/mol. The highest BCUT2D eigenvalue weighted by atomic mass is 28.3.